The molecule has 0 radical (unpaired) electrons. The van der Waals surface area contributed by atoms with Crippen LogP contribution in [0.15, 0.2) is 22.7 Å². The summed E-state index contributed by atoms with van der Waals surface area (Å²) in [6, 6.07) is 3.73. The molecule has 5 heteroatoms. The highest BCUT2D eigenvalue weighted by atomic mass is 79.9. The largest absolute Gasteiger partial charge is 0.416 e. The van der Waals surface area contributed by atoms with Gasteiger partial charge < -0.3 is 5.73 Å². The van der Waals surface area contributed by atoms with Crippen molar-refractivity contribution in [3.8, 4) is 0 Å². The molecule has 1 aromatic rings. The van der Waals surface area contributed by atoms with Crippen molar-refractivity contribution < 1.29 is 13.2 Å². The van der Waals surface area contributed by atoms with E-state index in [2.05, 4.69) is 15.9 Å². The van der Waals surface area contributed by atoms with E-state index < -0.39 is 11.7 Å². The maximum Gasteiger partial charge on any atom is 0.416 e. The van der Waals surface area contributed by atoms with Crippen LogP contribution in [-0.2, 0) is 12.6 Å². The third kappa shape index (κ3) is 3.21. The van der Waals surface area contributed by atoms with Crippen molar-refractivity contribution in [2.24, 2.45) is 5.73 Å². The summed E-state index contributed by atoms with van der Waals surface area (Å²) in [6.45, 7) is 1.68. The number of benzene rings is 1. The molecule has 0 aliphatic carbocycles. The smallest absolute Gasteiger partial charge is 0.328 e. The molecule has 0 aliphatic heterocycles. The first kappa shape index (κ1) is 12.5. The van der Waals surface area contributed by atoms with Crippen molar-refractivity contribution in [2.75, 3.05) is 0 Å². The lowest BCUT2D eigenvalue weighted by molar-refractivity contribution is -0.138. The predicted molar refractivity (Wildman–Crippen MR) is 56.5 cm³/mol. The summed E-state index contributed by atoms with van der Waals surface area (Å²) in [7, 11) is 0. The lowest BCUT2D eigenvalue weighted by Crippen LogP contribution is -2.21. The minimum Gasteiger partial charge on any atom is -0.328 e. The van der Waals surface area contributed by atoms with E-state index >= 15 is 0 Å². The maximum atomic E-state index is 12.6. The molecule has 1 nitrogen and oxygen atoms in total. The van der Waals surface area contributed by atoms with Crippen LogP contribution in [0.25, 0.3) is 0 Å². The minimum absolute atomic E-state index is 0.205. The zero-order chi connectivity index (χ0) is 11.6. The third-order valence-electron chi connectivity index (χ3n) is 1.95. The number of hydrogen-bond donors (Lipinski definition) is 1. The van der Waals surface area contributed by atoms with E-state index in [4.69, 9.17) is 5.73 Å². The zero-order valence-electron chi connectivity index (χ0n) is 8.11. The van der Waals surface area contributed by atoms with Gasteiger partial charge in [-0.15, -0.1) is 0 Å². The molecule has 15 heavy (non-hydrogen) atoms. The second-order valence-corrected chi connectivity index (χ2v) is 4.30. The Hall–Kier alpha value is -0.550. The Bertz CT molecular complexity index is 347. The maximum absolute atomic E-state index is 12.6. The van der Waals surface area contributed by atoms with Crippen LogP contribution in [0.5, 0.6) is 0 Å². The van der Waals surface area contributed by atoms with Crippen molar-refractivity contribution in [3.05, 3.63) is 33.8 Å². The molecule has 0 fully saturated rings. The van der Waals surface area contributed by atoms with Gasteiger partial charge in [-0.1, -0.05) is 22.0 Å². The lowest BCUT2D eigenvalue weighted by Gasteiger charge is -2.15. The summed E-state index contributed by atoms with van der Waals surface area (Å²) in [5.41, 5.74) is 5.12. The standard InChI is InChI=1S/C10H11BrF3N/c1-6(15)5-7-8(10(12,13)14)3-2-4-9(7)11/h2-4,6H,5,15H2,1H3. The fourth-order valence-electron chi connectivity index (χ4n) is 1.35. The van der Waals surface area contributed by atoms with Gasteiger partial charge >= 0.3 is 6.18 Å². The summed E-state index contributed by atoms with van der Waals surface area (Å²) in [4.78, 5) is 0. The molecule has 0 saturated carbocycles. The highest BCUT2D eigenvalue weighted by molar-refractivity contribution is 9.10. The first-order valence-electron chi connectivity index (χ1n) is 4.42. The van der Waals surface area contributed by atoms with E-state index in [1.165, 1.54) is 6.07 Å². The summed E-state index contributed by atoms with van der Waals surface area (Å²) in [6.07, 6.45) is -4.12. The minimum atomic E-state index is -4.33. The van der Waals surface area contributed by atoms with Gasteiger partial charge in [0.1, 0.15) is 0 Å². The molecule has 0 bridgehead atoms. The van der Waals surface area contributed by atoms with Gasteiger partial charge in [0, 0.05) is 10.5 Å². The fourth-order valence-corrected chi connectivity index (χ4v) is 1.88. The second kappa shape index (κ2) is 4.53. The Morgan fingerprint density at radius 2 is 2.00 bits per heavy atom. The van der Waals surface area contributed by atoms with Crippen LogP contribution in [0.2, 0.25) is 0 Å². The van der Waals surface area contributed by atoms with E-state index in [0.717, 1.165) is 6.07 Å². The number of hydrogen-bond acceptors (Lipinski definition) is 1. The fraction of sp³-hybridized carbons (Fsp3) is 0.400. The molecular formula is C10H11BrF3N. The summed E-state index contributed by atoms with van der Waals surface area (Å²) >= 11 is 3.11. The van der Waals surface area contributed by atoms with Gasteiger partial charge in [-0.25, -0.2) is 0 Å². The molecule has 0 spiro atoms. The van der Waals surface area contributed by atoms with Crippen LogP contribution < -0.4 is 5.73 Å². The topological polar surface area (TPSA) is 26.0 Å². The average molecular weight is 282 g/mol. The van der Waals surface area contributed by atoms with Gasteiger partial charge in [0.2, 0.25) is 0 Å². The molecule has 1 atom stereocenters. The van der Waals surface area contributed by atoms with Crippen molar-refractivity contribution in [2.45, 2.75) is 25.6 Å². The van der Waals surface area contributed by atoms with Crippen LogP contribution in [0.4, 0.5) is 13.2 Å². The van der Waals surface area contributed by atoms with E-state index in [0.29, 0.717) is 4.47 Å². The van der Waals surface area contributed by atoms with Gasteiger partial charge in [0.05, 0.1) is 5.56 Å². The first-order chi connectivity index (χ1) is 6.82. The van der Waals surface area contributed by atoms with Crippen LogP contribution in [0, 0.1) is 0 Å². The summed E-state index contributed by atoms with van der Waals surface area (Å²) < 4.78 is 38.3. The molecule has 84 valence electrons. The molecule has 1 aromatic carbocycles. The van der Waals surface area contributed by atoms with Crippen molar-refractivity contribution in [1.82, 2.24) is 0 Å². The van der Waals surface area contributed by atoms with Crippen LogP contribution in [-0.4, -0.2) is 6.04 Å². The van der Waals surface area contributed by atoms with Crippen molar-refractivity contribution >= 4 is 15.9 Å². The van der Waals surface area contributed by atoms with Gasteiger partial charge in [0.15, 0.2) is 0 Å². The van der Waals surface area contributed by atoms with Crippen molar-refractivity contribution in [3.63, 3.8) is 0 Å². The first-order valence-corrected chi connectivity index (χ1v) is 5.22. The Balaban J connectivity index is 3.21. The Morgan fingerprint density at radius 3 is 2.47 bits per heavy atom. The monoisotopic (exact) mass is 281 g/mol. The van der Waals surface area contributed by atoms with Gasteiger partial charge in [0.25, 0.3) is 0 Å². The summed E-state index contributed by atoms with van der Waals surface area (Å²) in [5, 5.41) is 0. The molecule has 0 aliphatic rings. The Kier molecular flexibility index (Phi) is 3.78. The van der Waals surface area contributed by atoms with Gasteiger partial charge in [-0.3, -0.25) is 0 Å². The van der Waals surface area contributed by atoms with Crippen LogP contribution in [0.1, 0.15) is 18.1 Å². The highest BCUT2D eigenvalue weighted by Crippen LogP contribution is 2.35. The normalized spacial score (nSPS) is 14.0. The quantitative estimate of drug-likeness (QED) is 0.884. The van der Waals surface area contributed by atoms with Crippen molar-refractivity contribution in [1.29, 1.82) is 0 Å². The summed E-state index contributed by atoms with van der Waals surface area (Å²) in [5.74, 6) is 0. The Labute approximate surface area is 94.6 Å². The predicted octanol–water partition coefficient (Wildman–Crippen LogP) is 3.36. The van der Waals surface area contributed by atoms with Crippen LogP contribution in [0.3, 0.4) is 0 Å². The lowest BCUT2D eigenvalue weighted by atomic mass is 10.0. The number of alkyl halides is 3. The Morgan fingerprint density at radius 1 is 1.40 bits per heavy atom. The van der Waals surface area contributed by atoms with E-state index in [1.807, 2.05) is 0 Å². The SMILES string of the molecule is CC(N)Cc1c(Br)cccc1C(F)(F)F. The second-order valence-electron chi connectivity index (χ2n) is 3.45. The molecule has 2 N–H and O–H groups in total. The van der Waals surface area contributed by atoms with E-state index in [9.17, 15) is 13.2 Å². The third-order valence-corrected chi connectivity index (χ3v) is 2.69. The molecule has 1 rings (SSSR count). The molecule has 0 aromatic heterocycles. The van der Waals surface area contributed by atoms with E-state index in [1.54, 1.807) is 13.0 Å². The molecule has 1 unspecified atom stereocenters. The van der Waals surface area contributed by atoms with Gasteiger partial charge in [-0.2, -0.15) is 13.2 Å². The molecule has 0 heterocycles. The molecule has 0 saturated heterocycles. The molecule has 0 amide bonds. The number of halogens is 4. The van der Waals surface area contributed by atoms with Crippen LogP contribution >= 0.6 is 15.9 Å². The van der Waals surface area contributed by atoms with E-state index in [-0.39, 0.29) is 18.0 Å². The molecular weight excluding hydrogens is 271 g/mol. The zero-order valence-corrected chi connectivity index (χ0v) is 9.69. The highest BCUT2D eigenvalue weighted by Gasteiger charge is 2.33. The van der Waals surface area contributed by atoms with Gasteiger partial charge in [-0.05, 0) is 31.0 Å². The number of rotatable bonds is 2. The number of nitrogens with two attached hydrogens (primary N) is 1. The average Bonchev–Trinajstić information content (AvgIpc) is 2.05.